The summed E-state index contributed by atoms with van der Waals surface area (Å²) in [5.74, 6) is -3.63. The number of aliphatic imine (C=N–C) groups is 1. The largest absolute Gasteiger partial charge is 0.362 e. The number of hydrogen-bond acceptors (Lipinski definition) is 8. The number of alkyl halides is 2. The first kappa shape index (κ1) is 20.8. The van der Waals surface area contributed by atoms with Crippen LogP contribution < -0.4 is 4.90 Å². The topological polar surface area (TPSA) is 96.1 Å². The van der Waals surface area contributed by atoms with Gasteiger partial charge in [-0.15, -0.1) is 0 Å². The molecular formula is C16H20F2N4O4S2. The fourth-order valence-corrected chi connectivity index (χ4v) is 4.87. The number of halogens is 2. The second-order valence-corrected chi connectivity index (χ2v) is 10.7. The summed E-state index contributed by atoms with van der Waals surface area (Å²) in [7, 11) is -4.89. The fourth-order valence-electron chi connectivity index (χ4n) is 3.07. The third-order valence-corrected chi connectivity index (χ3v) is 7.19. The van der Waals surface area contributed by atoms with Crippen LogP contribution in [0.1, 0.15) is 13.8 Å². The number of piperazine rings is 1. The zero-order valence-electron chi connectivity index (χ0n) is 15.3. The van der Waals surface area contributed by atoms with Gasteiger partial charge in [0.05, 0.1) is 16.4 Å². The third kappa shape index (κ3) is 4.07. The number of benzene rings is 1. The molecule has 0 aliphatic carbocycles. The molecule has 3 rings (SSSR count). The molecule has 8 nitrogen and oxygen atoms in total. The van der Waals surface area contributed by atoms with Crippen molar-refractivity contribution in [1.29, 1.82) is 0 Å². The van der Waals surface area contributed by atoms with Gasteiger partial charge in [-0.25, -0.2) is 8.42 Å². The summed E-state index contributed by atoms with van der Waals surface area (Å²) in [4.78, 5) is 18.4. The molecule has 1 aromatic rings. The molecular weight excluding hydrogens is 414 g/mol. The summed E-state index contributed by atoms with van der Waals surface area (Å²) in [6.07, 6.45) is 0. The Kier molecular flexibility index (Phi) is 5.54. The van der Waals surface area contributed by atoms with Crippen LogP contribution in [0, 0.1) is 10.1 Å². The number of hydrogen-bond donors (Lipinski definition) is 0. The molecule has 0 aromatic heterocycles. The van der Waals surface area contributed by atoms with E-state index in [-0.39, 0.29) is 10.4 Å². The van der Waals surface area contributed by atoms with Crippen molar-refractivity contribution in [3.8, 4) is 0 Å². The van der Waals surface area contributed by atoms with Gasteiger partial charge in [-0.3, -0.25) is 15.1 Å². The minimum Gasteiger partial charge on any atom is -0.362 e. The average molecular weight is 434 g/mol. The molecule has 0 spiro atoms. The van der Waals surface area contributed by atoms with Crippen molar-refractivity contribution in [1.82, 2.24) is 4.90 Å². The highest BCUT2D eigenvalue weighted by Gasteiger charge is 2.34. The van der Waals surface area contributed by atoms with Crippen LogP contribution in [-0.4, -0.2) is 66.6 Å². The first-order valence-electron chi connectivity index (χ1n) is 8.55. The van der Waals surface area contributed by atoms with E-state index in [0.29, 0.717) is 32.2 Å². The zero-order valence-corrected chi connectivity index (χ0v) is 17.0. The maximum atomic E-state index is 12.7. The summed E-state index contributed by atoms with van der Waals surface area (Å²) in [6.45, 7) is 7.13. The smallest absolute Gasteiger partial charge is 0.341 e. The highest BCUT2D eigenvalue weighted by Crippen LogP contribution is 2.35. The second-order valence-electron chi connectivity index (χ2n) is 7.15. The Balaban J connectivity index is 1.79. The molecule has 1 saturated heterocycles. The summed E-state index contributed by atoms with van der Waals surface area (Å²) in [5.41, 5.74) is -0.275. The molecule has 12 heteroatoms. The van der Waals surface area contributed by atoms with E-state index in [0.717, 1.165) is 17.8 Å². The SMILES string of the molecule is CC1(C)CN=C(N2CCN(c3ccc(S(=O)(=O)C(F)F)cc3[N+](=O)[O-])CC2)S1. The highest BCUT2D eigenvalue weighted by atomic mass is 32.2. The van der Waals surface area contributed by atoms with Gasteiger partial charge in [-0.05, 0) is 26.0 Å². The molecule has 2 heterocycles. The van der Waals surface area contributed by atoms with Gasteiger partial charge in [0.1, 0.15) is 5.69 Å². The van der Waals surface area contributed by atoms with Gasteiger partial charge in [0.15, 0.2) is 5.17 Å². The second kappa shape index (κ2) is 7.47. The van der Waals surface area contributed by atoms with Gasteiger partial charge in [0.2, 0.25) is 9.84 Å². The Bertz CT molecular complexity index is 913. The monoisotopic (exact) mass is 434 g/mol. The molecule has 1 fully saturated rings. The average Bonchev–Trinajstić information content (AvgIpc) is 3.01. The van der Waals surface area contributed by atoms with Crippen molar-refractivity contribution in [2.24, 2.45) is 4.99 Å². The van der Waals surface area contributed by atoms with Crippen molar-refractivity contribution in [2.45, 2.75) is 29.2 Å². The lowest BCUT2D eigenvalue weighted by atomic mass is 10.2. The molecule has 2 aliphatic heterocycles. The zero-order chi connectivity index (χ0) is 20.7. The number of rotatable bonds is 4. The molecule has 0 unspecified atom stereocenters. The van der Waals surface area contributed by atoms with Gasteiger partial charge in [-0.1, -0.05) is 11.8 Å². The van der Waals surface area contributed by atoms with Crippen LogP contribution >= 0.6 is 11.8 Å². The van der Waals surface area contributed by atoms with Crippen LogP contribution in [0.4, 0.5) is 20.2 Å². The minimum absolute atomic E-state index is 0.0529. The number of amidine groups is 1. The fraction of sp³-hybridized carbons (Fsp3) is 0.562. The van der Waals surface area contributed by atoms with Crippen molar-refractivity contribution < 1.29 is 22.1 Å². The van der Waals surface area contributed by atoms with Crippen LogP contribution in [-0.2, 0) is 9.84 Å². The number of thioether (sulfide) groups is 1. The Labute approximate surface area is 165 Å². The Morgan fingerprint density at radius 1 is 1.21 bits per heavy atom. The summed E-state index contributed by atoms with van der Waals surface area (Å²) in [5, 5.41) is 12.4. The number of nitro groups is 1. The maximum absolute atomic E-state index is 12.7. The van der Waals surface area contributed by atoms with Gasteiger partial charge < -0.3 is 9.80 Å². The molecule has 2 aliphatic rings. The summed E-state index contributed by atoms with van der Waals surface area (Å²) < 4.78 is 48.8. The van der Waals surface area contributed by atoms with Crippen LogP contribution in [0.15, 0.2) is 28.1 Å². The first-order valence-corrected chi connectivity index (χ1v) is 10.9. The van der Waals surface area contributed by atoms with E-state index >= 15 is 0 Å². The van der Waals surface area contributed by atoms with E-state index < -0.39 is 31.1 Å². The van der Waals surface area contributed by atoms with E-state index in [1.165, 1.54) is 6.07 Å². The number of anilines is 1. The quantitative estimate of drug-likeness (QED) is 0.531. The van der Waals surface area contributed by atoms with E-state index in [1.54, 1.807) is 16.7 Å². The van der Waals surface area contributed by atoms with E-state index in [1.807, 2.05) is 0 Å². The van der Waals surface area contributed by atoms with Crippen molar-refractivity contribution >= 4 is 38.1 Å². The molecule has 28 heavy (non-hydrogen) atoms. The van der Waals surface area contributed by atoms with Crippen LogP contribution in [0.2, 0.25) is 0 Å². The molecule has 0 atom stereocenters. The van der Waals surface area contributed by atoms with E-state index in [9.17, 15) is 27.3 Å². The third-order valence-electron chi connectivity index (χ3n) is 4.56. The molecule has 1 aromatic carbocycles. The number of nitrogens with zero attached hydrogens (tertiary/aromatic N) is 4. The van der Waals surface area contributed by atoms with Crippen LogP contribution in [0.25, 0.3) is 0 Å². The molecule has 0 bridgehead atoms. The van der Waals surface area contributed by atoms with E-state index in [4.69, 9.17) is 0 Å². The van der Waals surface area contributed by atoms with Crippen molar-refractivity contribution in [2.75, 3.05) is 37.6 Å². The number of sulfone groups is 1. The molecule has 0 amide bonds. The standard InChI is InChI=1S/C16H20F2N4O4S2/c1-16(2)10-19-15(27-16)21-7-5-20(6-8-21)12-4-3-11(9-13(12)22(23)24)28(25,26)14(17)18/h3-4,9,14H,5-8,10H2,1-2H3. The van der Waals surface area contributed by atoms with Gasteiger partial charge in [-0.2, -0.15) is 8.78 Å². The predicted molar refractivity (Wildman–Crippen MR) is 104 cm³/mol. The minimum atomic E-state index is -4.89. The first-order chi connectivity index (χ1) is 13.0. The normalized spacial score (nSPS) is 19.8. The Hall–Kier alpha value is -1.95. The Morgan fingerprint density at radius 3 is 2.32 bits per heavy atom. The summed E-state index contributed by atoms with van der Waals surface area (Å²) >= 11 is 1.70. The van der Waals surface area contributed by atoms with Crippen LogP contribution in [0.3, 0.4) is 0 Å². The molecule has 0 radical (unpaired) electrons. The summed E-state index contributed by atoms with van der Waals surface area (Å²) in [6, 6.07) is 2.94. The van der Waals surface area contributed by atoms with Crippen molar-refractivity contribution in [3.63, 3.8) is 0 Å². The lowest BCUT2D eigenvalue weighted by molar-refractivity contribution is -0.384. The lowest BCUT2D eigenvalue weighted by Crippen LogP contribution is -2.48. The predicted octanol–water partition coefficient (Wildman–Crippen LogP) is 2.59. The maximum Gasteiger partial charge on any atom is 0.341 e. The van der Waals surface area contributed by atoms with Gasteiger partial charge in [0.25, 0.3) is 5.69 Å². The molecule has 154 valence electrons. The van der Waals surface area contributed by atoms with Gasteiger partial charge in [0, 0.05) is 37.0 Å². The number of nitro benzene ring substituents is 1. The van der Waals surface area contributed by atoms with Crippen molar-refractivity contribution in [3.05, 3.63) is 28.3 Å². The van der Waals surface area contributed by atoms with Crippen LogP contribution in [0.5, 0.6) is 0 Å². The van der Waals surface area contributed by atoms with E-state index in [2.05, 4.69) is 23.7 Å². The molecule has 0 N–H and O–H groups in total. The lowest BCUT2D eigenvalue weighted by Gasteiger charge is -2.37. The molecule has 0 saturated carbocycles. The highest BCUT2D eigenvalue weighted by molar-refractivity contribution is 8.15. The Morgan fingerprint density at radius 2 is 1.82 bits per heavy atom. The van der Waals surface area contributed by atoms with Gasteiger partial charge >= 0.3 is 5.76 Å².